The van der Waals surface area contributed by atoms with Crippen molar-refractivity contribution in [3.05, 3.63) is 23.3 Å². The first-order valence-electron chi connectivity index (χ1n) is 5.81. The number of hydrogen-bond donors (Lipinski definition) is 0. The van der Waals surface area contributed by atoms with Crippen LogP contribution in [0, 0.1) is 11.3 Å². The second-order valence-electron chi connectivity index (χ2n) is 5.32. The van der Waals surface area contributed by atoms with Crippen LogP contribution in [0.15, 0.2) is 23.3 Å². The van der Waals surface area contributed by atoms with Gasteiger partial charge < -0.3 is 0 Å². The maximum Gasteiger partial charge on any atom is 0.00279 e. The molecule has 0 aliphatic heterocycles. The molecule has 14 heavy (non-hydrogen) atoms. The van der Waals surface area contributed by atoms with Gasteiger partial charge in [-0.1, -0.05) is 44.1 Å². The van der Waals surface area contributed by atoms with Crippen LogP contribution < -0.4 is 0 Å². The van der Waals surface area contributed by atoms with Gasteiger partial charge in [0, 0.05) is 5.92 Å². The van der Waals surface area contributed by atoms with Crippen molar-refractivity contribution >= 4 is 0 Å². The Bertz CT molecular complexity index is 253. The average Bonchev–Trinajstić information content (AvgIpc) is 2.11. The summed E-state index contributed by atoms with van der Waals surface area (Å²) in [5, 5.41) is 0. The molecule has 0 aromatic rings. The molecule has 1 aliphatic carbocycles. The first-order valence-corrected chi connectivity index (χ1v) is 5.81. The summed E-state index contributed by atoms with van der Waals surface area (Å²) in [6.07, 6.45) is 8.65. The van der Waals surface area contributed by atoms with Crippen molar-refractivity contribution < 1.29 is 0 Å². The van der Waals surface area contributed by atoms with Crippen molar-refractivity contribution in [1.82, 2.24) is 0 Å². The second-order valence-corrected chi connectivity index (χ2v) is 5.32. The highest BCUT2D eigenvalue weighted by Crippen LogP contribution is 2.42. The molecule has 0 heteroatoms. The highest BCUT2D eigenvalue weighted by molar-refractivity contribution is 5.20. The summed E-state index contributed by atoms with van der Waals surface area (Å²) < 4.78 is 0. The van der Waals surface area contributed by atoms with Gasteiger partial charge in [0.15, 0.2) is 0 Å². The standard InChI is InChI=1S/C14H24/c1-6-11(2)10-13-12(3)8-7-9-14(13,4)5/h8,10,13H,6-7,9H2,1-5H3/b11-10+. The van der Waals surface area contributed by atoms with E-state index in [9.17, 15) is 0 Å². The predicted molar refractivity (Wildman–Crippen MR) is 64.3 cm³/mol. The van der Waals surface area contributed by atoms with Gasteiger partial charge in [0.2, 0.25) is 0 Å². The van der Waals surface area contributed by atoms with Crippen LogP contribution in [0.25, 0.3) is 0 Å². The molecule has 0 N–H and O–H groups in total. The molecule has 0 fully saturated rings. The zero-order valence-corrected chi connectivity index (χ0v) is 10.4. The van der Waals surface area contributed by atoms with Crippen molar-refractivity contribution in [2.45, 2.75) is 53.9 Å². The number of hydrogen-bond acceptors (Lipinski definition) is 0. The van der Waals surface area contributed by atoms with E-state index in [4.69, 9.17) is 0 Å². The SMILES string of the molecule is CC/C(C)=C/C1C(C)=CCCC1(C)C. The molecule has 0 bridgehead atoms. The molecular weight excluding hydrogens is 168 g/mol. The zero-order valence-electron chi connectivity index (χ0n) is 10.4. The molecule has 1 atom stereocenters. The minimum atomic E-state index is 0.454. The molecule has 80 valence electrons. The molecule has 1 unspecified atom stereocenters. The van der Waals surface area contributed by atoms with Crippen LogP contribution >= 0.6 is 0 Å². The molecule has 0 aromatic heterocycles. The summed E-state index contributed by atoms with van der Waals surface area (Å²) in [5.41, 5.74) is 3.54. The van der Waals surface area contributed by atoms with Crippen LogP contribution in [0.4, 0.5) is 0 Å². The van der Waals surface area contributed by atoms with E-state index in [1.165, 1.54) is 24.8 Å². The fourth-order valence-corrected chi connectivity index (χ4v) is 2.33. The van der Waals surface area contributed by atoms with Crippen molar-refractivity contribution in [3.63, 3.8) is 0 Å². The van der Waals surface area contributed by atoms with Crippen LogP contribution in [0.1, 0.15) is 53.9 Å². The molecule has 1 aliphatic rings. The highest BCUT2D eigenvalue weighted by Gasteiger charge is 2.30. The Labute approximate surface area is 89.1 Å². The van der Waals surface area contributed by atoms with E-state index in [1.807, 2.05) is 0 Å². The van der Waals surface area contributed by atoms with Crippen LogP contribution in [0.3, 0.4) is 0 Å². The largest absolute Gasteiger partial charge is 0.0850 e. The highest BCUT2D eigenvalue weighted by atomic mass is 14.4. The summed E-state index contributed by atoms with van der Waals surface area (Å²) in [6, 6.07) is 0. The molecule has 0 heterocycles. The predicted octanol–water partition coefficient (Wildman–Crippen LogP) is 4.73. The van der Waals surface area contributed by atoms with Crippen molar-refractivity contribution in [3.8, 4) is 0 Å². The third-order valence-corrected chi connectivity index (χ3v) is 3.60. The van der Waals surface area contributed by atoms with Gasteiger partial charge in [-0.3, -0.25) is 0 Å². The quantitative estimate of drug-likeness (QED) is 0.555. The first kappa shape index (κ1) is 11.6. The number of rotatable bonds is 2. The monoisotopic (exact) mass is 192 g/mol. The third-order valence-electron chi connectivity index (χ3n) is 3.60. The first-order chi connectivity index (χ1) is 6.47. The zero-order chi connectivity index (χ0) is 10.8. The summed E-state index contributed by atoms with van der Waals surface area (Å²) in [4.78, 5) is 0. The second kappa shape index (κ2) is 4.33. The van der Waals surface area contributed by atoms with Gasteiger partial charge in [-0.2, -0.15) is 0 Å². The van der Waals surface area contributed by atoms with E-state index >= 15 is 0 Å². The van der Waals surface area contributed by atoms with Gasteiger partial charge in [0.05, 0.1) is 0 Å². The molecular formula is C14H24. The van der Waals surface area contributed by atoms with Crippen LogP contribution in [0.2, 0.25) is 0 Å². The van der Waals surface area contributed by atoms with E-state index < -0.39 is 0 Å². The Morgan fingerprint density at radius 1 is 1.57 bits per heavy atom. The van der Waals surface area contributed by atoms with E-state index in [1.54, 1.807) is 5.57 Å². The third kappa shape index (κ3) is 2.50. The summed E-state index contributed by atoms with van der Waals surface area (Å²) in [7, 11) is 0. The Hall–Kier alpha value is -0.520. The van der Waals surface area contributed by atoms with Gasteiger partial charge in [-0.05, 0) is 38.5 Å². The lowest BCUT2D eigenvalue weighted by Gasteiger charge is -2.37. The topological polar surface area (TPSA) is 0 Å². The van der Waals surface area contributed by atoms with E-state index in [2.05, 4.69) is 46.8 Å². The Balaban J connectivity index is 2.92. The number of allylic oxidation sites excluding steroid dienone is 4. The fraction of sp³-hybridized carbons (Fsp3) is 0.714. The maximum absolute atomic E-state index is 2.48. The molecule has 0 saturated carbocycles. The lowest BCUT2D eigenvalue weighted by atomic mass is 9.68. The lowest BCUT2D eigenvalue weighted by Crippen LogP contribution is -2.26. The smallest absolute Gasteiger partial charge is 0.00279 e. The Morgan fingerprint density at radius 2 is 2.21 bits per heavy atom. The summed E-state index contributed by atoms with van der Waals surface area (Å²) in [5.74, 6) is 0.663. The molecule has 0 radical (unpaired) electrons. The van der Waals surface area contributed by atoms with E-state index in [0.717, 1.165) is 0 Å². The minimum Gasteiger partial charge on any atom is -0.0850 e. The fourth-order valence-electron chi connectivity index (χ4n) is 2.33. The van der Waals surface area contributed by atoms with Crippen LogP contribution in [-0.2, 0) is 0 Å². The van der Waals surface area contributed by atoms with E-state index in [0.29, 0.717) is 11.3 Å². The van der Waals surface area contributed by atoms with Crippen molar-refractivity contribution in [1.29, 1.82) is 0 Å². The molecule has 0 saturated heterocycles. The summed E-state index contributed by atoms with van der Waals surface area (Å²) in [6.45, 7) is 11.6. The van der Waals surface area contributed by atoms with Crippen LogP contribution in [-0.4, -0.2) is 0 Å². The molecule has 0 spiro atoms. The Morgan fingerprint density at radius 3 is 2.71 bits per heavy atom. The van der Waals surface area contributed by atoms with Crippen LogP contribution in [0.5, 0.6) is 0 Å². The van der Waals surface area contributed by atoms with Gasteiger partial charge >= 0.3 is 0 Å². The van der Waals surface area contributed by atoms with Gasteiger partial charge in [0.25, 0.3) is 0 Å². The molecule has 1 rings (SSSR count). The van der Waals surface area contributed by atoms with Gasteiger partial charge in [-0.15, -0.1) is 0 Å². The van der Waals surface area contributed by atoms with Gasteiger partial charge in [-0.25, -0.2) is 0 Å². The summed E-state index contributed by atoms with van der Waals surface area (Å²) >= 11 is 0. The maximum atomic E-state index is 2.48. The molecule has 0 nitrogen and oxygen atoms in total. The normalized spacial score (nSPS) is 27.4. The van der Waals surface area contributed by atoms with E-state index in [-0.39, 0.29) is 0 Å². The van der Waals surface area contributed by atoms with Crippen molar-refractivity contribution in [2.75, 3.05) is 0 Å². The van der Waals surface area contributed by atoms with Gasteiger partial charge in [0.1, 0.15) is 0 Å². The average molecular weight is 192 g/mol. The molecule has 0 amide bonds. The lowest BCUT2D eigenvalue weighted by molar-refractivity contribution is 0.254. The van der Waals surface area contributed by atoms with Crippen molar-refractivity contribution in [2.24, 2.45) is 11.3 Å². The Kier molecular flexibility index (Phi) is 3.58. The molecule has 0 aromatic carbocycles. The minimum absolute atomic E-state index is 0.454.